The summed E-state index contributed by atoms with van der Waals surface area (Å²) < 4.78 is 0. The van der Waals surface area contributed by atoms with Crippen LogP contribution in [-0.2, 0) is 0 Å². The van der Waals surface area contributed by atoms with E-state index in [1.54, 1.807) is 0 Å². The molecule has 142 valence electrons. The molecule has 3 saturated carbocycles. The van der Waals surface area contributed by atoms with Crippen molar-refractivity contribution >= 4 is 0 Å². The molecule has 3 fully saturated rings. The van der Waals surface area contributed by atoms with Gasteiger partial charge in [0.15, 0.2) is 0 Å². The quantitative estimate of drug-likeness (QED) is 0.477. The third-order valence-electron chi connectivity index (χ3n) is 8.97. The highest BCUT2D eigenvalue weighted by Crippen LogP contribution is 2.73. The molecule has 5 heteroatoms. The molecule has 4 aliphatic carbocycles. The van der Waals surface area contributed by atoms with Crippen molar-refractivity contribution in [2.75, 3.05) is 13.2 Å². The average molecular weight is 352 g/mol. The molecule has 0 aromatic rings. The van der Waals surface area contributed by atoms with Crippen molar-refractivity contribution in [2.45, 2.75) is 70.2 Å². The van der Waals surface area contributed by atoms with Gasteiger partial charge in [-0.25, -0.2) is 0 Å². The molecule has 0 heterocycles. The van der Waals surface area contributed by atoms with Gasteiger partial charge in [-0.2, -0.15) is 0 Å². The van der Waals surface area contributed by atoms with E-state index in [0.29, 0.717) is 19.3 Å². The maximum absolute atomic E-state index is 11.0. The first kappa shape index (κ1) is 17.9. The van der Waals surface area contributed by atoms with Crippen LogP contribution in [0.3, 0.4) is 0 Å². The standard InChI is InChI=1S/C20H32O5/c1-17(10-21)15-8-14(23)13-7-12-9-19(13,5-6-20(12,25)11-22)18(15,2)4-3-16(17)24/h7,12,14-16,21-25H,3-6,8-11H2,1-2H3/t12-,14-,15+,16-,17+,18+,19+,20+/m1/s1. The molecule has 8 atom stereocenters. The van der Waals surface area contributed by atoms with Gasteiger partial charge in [-0.05, 0) is 55.4 Å². The normalized spacial score (nSPS) is 57.6. The van der Waals surface area contributed by atoms with Crippen LogP contribution >= 0.6 is 0 Å². The van der Waals surface area contributed by atoms with Crippen molar-refractivity contribution in [2.24, 2.45) is 28.1 Å². The fraction of sp³-hybridized carbons (Fsp3) is 0.900. The van der Waals surface area contributed by atoms with Crippen LogP contribution in [0.1, 0.15) is 52.4 Å². The second-order valence-electron chi connectivity index (χ2n) is 9.72. The van der Waals surface area contributed by atoms with E-state index < -0.39 is 23.2 Å². The minimum atomic E-state index is -1.09. The number of hydrogen-bond donors (Lipinski definition) is 5. The lowest BCUT2D eigenvalue weighted by Crippen LogP contribution is -2.64. The van der Waals surface area contributed by atoms with Crippen molar-refractivity contribution in [1.82, 2.24) is 0 Å². The first-order valence-corrected chi connectivity index (χ1v) is 9.69. The Morgan fingerprint density at radius 1 is 1.08 bits per heavy atom. The molecule has 0 aliphatic heterocycles. The summed E-state index contributed by atoms with van der Waals surface area (Å²) in [6.07, 6.45) is 4.98. The molecule has 0 amide bonds. The number of hydrogen-bond acceptors (Lipinski definition) is 5. The molecule has 1 spiro atoms. The number of aliphatic hydroxyl groups excluding tert-OH is 4. The van der Waals surface area contributed by atoms with E-state index in [1.165, 1.54) is 0 Å². The van der Waals surface area contributed by atoms with Crippen molar-refractivity contribution in [3.8, 4) is 0 Å². The molecule has 0 aromatic heterocycles. The molecule has 5 N–H and O–H groups in total. The van der Waals surface area contributed by atoms with Gasteiger partial charge in [-0.1, -0.05) is 19.9 Å². The van der Waals surface area contributed by atoms with E-state index in [4.69, 9.17) is 0 Å². The van der Waals surface area contributed by atoms with Gasteiger partial charge in [0.25, 0.3) is 0 Å². The van der Waals surface area contributed by atoms with Gasteiger partial charge in [0, 0.05) is 16.7 Å². The van der Waals surface area contributed by atoms with Gasteiger partial charge in [0.05, 0.1) is 31.0 Å². The third kappa shape index (κ3) is 1.97. The monoisotopic (exact) mass is 352 g/mol. The van der Waals surface area contributed by atoms with Gasteiger partial charge in [0.2, 0.25) is 0 Å². The topological polar surface area (TPSA) is 101 Å². The Kier molecular flexibility index (Phi) is 3.80. The van der Waals surface area contributed by atoms with Gasteiger partial charge in [0.1, 0.15) is 0 Å². The van der Waals surface area contributed by atoms with Gasteiger partial charge in [-0.3, -0.25) is 0 Å². The average Bonchev–Trinajstić information content (AvgIpc) is 2.97. The number of rotatable bonds is 2. The SMILES string of the molecule is C[C@@]1(CO)[C@H](O)CC[C@@]2(C)[C@H]1C[C@@H](O)C1=C[C@@H]3C[C@@]12CC[C@]3(O)CO. The van der Waals surface area contributed by atoms with Crippen LogP contribution in [-0.4, -0.2) is 56.6 Å². The molecule has 4 aliphatic rings. The van der Waals surface area contributed by atoms with Crippen LogP contribution in [0.4, 0.5) is 0 Å². The zero-order valence-corrected chi connectivity index (χ0v) is 15.3. The third-order valence-corrected chi connectivity index (χ3v) is 8.97. The molecule has 0 aromatic carbocycles. The lowest BCUT2D eigenvalue weighted by Gasteiger charge is -2.66. The Morgan fingerprint density at radius 2 is 1.80 bits per heavy atom. The molecule has 2 bridgehead atoms. The van der Waals surface area contributed by atoms with E-state index in [1.807, 2.05) is 13.0 Å². The maximum Gasteiger partial charge on any atom is 0.0940 e. The molecular weight excluding hydrogens is 320 g/mol. The first-order valence-electron chi connectivity index (χ1n) is 9.69. The Hall–Kier alpha value is -0.460. The predicted molar refractivity (Wildman–Crippen MR) is 92.5 cm³/mol. The maximum atomic E-state index is 11.0. The molecule has 0 radical (unpaired) electrons. The number of fused-ring (bicyclic) bond motifs is 2. The summed E-state index contributed by atoms with van der Waals surface area (Å²) in [5.41, 5.74) is -0.984. The molecule has 5 nitrogen and oxygen atoms in total. The Bertz CT molecular complexity index is 605. The summed E-state index contributed by atoms with van der Waals surface area (Å²) >= 11 is 0. The van der Waals surface area contributed by atoms with E-state index in [2.05, 4.69) is 6.92 Å². The summed E-state index contributed by atoms with van der Waals surface area (Å²) in [5.74, 6) is -0.0984. The van der Waals surface area contributed by atoms with Gasteiger partial charge < -0.3 is 25.5 Å². The minimum absolute atomic E-state index is 0.0277. The lowest BCUT2D eigenvalue weighted by atomic mass is 9.39. The highest BCUT2D eigenvalue weighted by molar-refractivity contribution is 5.38. The highest BCUT2D eigenvalue weighted by Gasteiger charge is 2.69. The molecule has 0 saturated heterocycles. The Balaban J connectivity index is 1.82. The van der Waals surface area contributed by atoms with Crippen molar-refractivity contribution in [3.05, 3.63) is 11.6 Å². The van der Waals surface area contributed by atoms with Crippen LogP contribution in [0.25, 0.3) is 0 Å². The van der Waals surface area contributed by atoms with Crippen LogP contribution in [0.15, 0.2) is 11.6 Å². The molecule has 4 rings (SSSR count). The van der Waals surface area contributed by atoms with Crippen LogP contribution in [0.2, 0.25) is 0 Å². The summed E-state index contributed by atoms with van der Waals surface area (Å²) in [4.78, 5) is 0. The zero-order chi connectivity index (χ0) is 18.3. The van der Waals surface area contributed by atoms with Gasteiger partial charge in [-0.15, -0.1) is 0 Å². The zero-order valence-electron chi connectivity index (χ0n) is 15.3. The second kappa shape index (κ2) is 5.29. The Morgan fingerprint density at radius 3 is 2.44 bits per heavy atom. The molecule has 0 unspecified atom stereocenters. The van der Waals surface area contributed by atoms with E-state index >= 15 is 0 Å². The van der Waals surface area contributed by atoms with Crippen molar-refractivity contribution in [1.29, 1.82) is 0 Å². The largest absolute Gasteiger partial charge is 0.396 e. The van der Waals surface area contributed by atoms with Gasteiger partial charge >= 0.3 is 0 Å². The molecular formula is C20H32O5. The minimum Gasteiger partial charge on any atom is -0.396 e. The summed E-state index contributed by atoms with van der Waals surface area (Å²) in [6, 6.07) is 0. The smallest absolute Gasteiger partial charge is 0.0940 e. The second-order valence-corrected chi connectivity index (χ2v) is 9.72. The Labute approximate surface area is 149 Å². The van der Waals surface area contributed by atoms with Crippen LogP contribution in [0.5, 0.6) is 0 Å². The molecule has 25 heavy (non-hydrogen) atoms. The van der Waals surface area contributed by atoms with Crippen molar-refractivity contribution in [3.63, 3.8) is 0 Å². The summed E-state index contributed by atoms with van der Waals surface area (Å²) in [7, 11) is 0. The predicted octanol–water partition coefficient (Wildman–Crippen LogP) is 0.977. The van der Waals surface area contributed by atoms with Crippen molar-refractivity contribution < 1.29 is 25.5 Å². The highest BCUT2D eigenvalue weighted by atomic mass is 16.3. The van der Waals surface area contributed by atoms with E-state index in [-0.39, 0.29) is 35.9 Å². The fourth-order valence-electron chi connectivity index (χ4n) is 7.18. The van der Waals surface area contributed by atoms with E-state index in [0.717, 1.165) is 24.8 Å². The summed E-state index contributed by atoms with van der Waals surface area (Å²) in [5, 5.41) is 52.2. The lowest BCUT2D eigenvalue weighted by molar-refractivity contribution is -0.205. The summed E-state index contributed by atoms with van der Waals surface area (Å²) in [6.45, 7) is 3.89. The first-order chi connectivity index (χ1) is 11.7. The fourth-order valence-corrected chi connectivity index (χ4v) is 7.18. The van der Waals surface area contributed by atoms with E-state index in [9.17, 15) is 25.5 Å². The number of aliphatic hydroxyl groups is 5. The van der Waals surface area contributed by atoms with Crippen LogP contribution < -0.4 is 0 Å². The van der Waals surface area contributed by atoms with Crippen LogP contribution in [0, 0.1) is 28.1 Å².